The summed E-state index contributed by atoms with van der Waals surface area (Å²) in [6, 6.07) is 8.66. The van der Waals surface area contributed by atoms with Gasteiger partial charge in [0.25, 0.3) is 0 Å². The monoisotopic (exact) mass is 310 g/mol. The second-order valence-electron chi connectivity index (χ2n) is 4.91. The number of hydrogen-bond donors (Lipinski definition) is 0. The van der Waals surface area contributed by atoms with Gasteiger partial charge in [0.15, 0.2) is 5.03 Å². The smallest absolute Gasteiger partial charge is 0.217 e. The zero-order valence-corrected chi connectivity index (χ0v) is 13.6. The molecule has 0 saturated heterocycles. The van der Waals surface area contributed by atoms with E-state index in [1.54, 1.807) is 31.4 Å². The molecule has 0 amide bonds. The van der Waals surface area contributed by atoms with Crippen LogP contribution in [0.5, 0.6) is 0 Å². The number of hydrogen-bond acceptors (Lipinski definition) is 4. The van der Waals surface area contributed by atoms with E-state index in [2.05, 4.69) is 18.9 Å². The summed E-state index contributed by atoms with van der Waals surface area (Å²) < 4.78 is 26.7. The van der Waals surface area contributed by atoms with Crippen molar-refractivity contribution in [3.8, 4) is 0 Å². The third-order valence-electron chi connectivity index (χ3n) is 3.07. The highest BCUT2D eigenvalue weighted by Gasteiger charge is 2.23. The van der Waals surface area contributed by atoms with Crippen molar-refractivity contribution in [2.24, 2.45) is 0 Å². The number of aromatic nitrogens is 2. The highest BCUT2D eigenvalue weighted by molar-refractivity contribution is 7.98. The van der Waals surface area contributed by atoms with Crippen LogP contribution in [-0.2, 0) is 9.84 Å². The summed E-state index contributed by atoms with van der Waals surface area (Å²) in [5.74, 6) is 0.380. The fourth-order valence-electron chi connectivity index (χ4n) is 1.92. The molecule has 0 bridgehead atoms. The van der Waals surface area contributed by atoms with Crippen LogP contribution in [0.15, 0.2) is 40.3 Å². The van der Waals surface area contributed by atoms with Crippen molar-refractivity contribution in [1.29, 1.82) is 0 Å². The van der Waals surface area contributed by atoms with Gasteiger partial charge in [-0.3, -0.25) is 0 Å². The van der Waals surface area contributed by atoms with Crippen LogP contribution < -0.4 is 0 Å². The second kappa shape index (κ2) is 5.61. The molecule has 0 saturated carbocycles. The van der Waals surface area contributed by atoms with E-state index in [1.165, 1.54) is 16.0 Å². The lowest BCUT2D eigenvalue weighted by atomic mass is 10.0. The van der Waals surface area contributed by atoms with Gasteiger partial charge in [-0.2, -0.15) is 9.19 Å². The Morgan fingerprint density at radius 3 is 2.30 bits per heavy atom. The lowest BCUT2D eigenvalue weighted by Crippen LogP contribution is -2.07. The summed E-state index contributed by atoms with van der Waals surface area (Å²) in [6.07, 6.45) is 1.80. The van der Waals surface area contributed by atoms with Crippen LogP contribution in [0.25, 0.3) is 0 Å². The fourth-order valence-corrected chi connectivity index (χ4v) is 4.19. The lowest BCUT2D eigenvalue weighted by molar-refractivity contribution is 0.590. The molecule has 0 fully saturated rings. The molecule has 0 radical (unpaired) electrons. The molecular formula is C14H18N2O2S2. The molecule has 20 heavy (non-hydrogen) atoms. The molecule has 0 unspecified atom stereocenters. The van der Waals surface area contributed by atoms with E-state index in [4.69, 9.17) is 0 Å². The van der Waals surface area contributed by atoms with E-state index in [0.717, 1.165) is 5.56 Å². The summed E-state index contributed by atoms with van der Waals surface area (Å²) in [7, 11) is -3.52. The molecule has 0 aliphatic heterocycles. The van der Waals surface area contributed by atoms with Crippen molar-refractivity contribution >= 4 is 21.8 Å². The van der Waals surface area contributed by atoms with Crippen LogP contribution in [0, 0.1) is 6.92 Å². The number of sulfone groups is 1. The van der Waals surface area contributed by atoms with Crippen LogP contribution in [0.4, 0.5) is 0 Å². The van der Waals surface area contributed by atoms with Gasteiger partial charge in [-0.15, -0.1) is 0 Å². The predicted octanol–water partition coefficient (Wildman–Crippen LogP) is 3.27. The van der Waals surface area contributed by atoms with Gasteiger partial charge in [0, 0.05) is 6.26 Å². The first-order valence-electron chi connectivity index (χ1n) is 6.32. The fraction of sp³-hybridized carbons (Fsp3) is 0.357. The second-order valence-corrected chi connectivity index (χ2v) is 7.51. The van der Waals surface area contributed by atoms with E-state index in [-0.39, 0.29) is 5.03 Å². The Hall–Kier alpha value is -1.27. The van der Waals surface area contributed by atoms with Crippen LogP contribution in [0.3, 0.4) is 0 Å². The Morgan fingerprint density at radius 1 is 1.20 bits per heavy atom. The summed E-state index contributed by atoms with van der Waals surface area (Å²) >= 11 is 1.27. The Kier molecular flexibility index (Phi) is 4.25. The minimum Gasteiger partial charge on any atom is -0.217 e. The molecule has 0 spiro atoms. The average molecular weight is 310 g/mol. The first-order chi connectivity index (χ1) is 9.36. The maximum absolute atomic E-state index is 12.6. The van der Waals surface area contributed by atoms with Gasteiger partial charge in [-0.1, -0.05) is 26.0 Å². The molecule has 4 nitrogen and oxygen atoms in total. The summed E-state index contributed by atoms with van der Waals surface area (Å²) in [4.78, 5) is 0.303. The minimum absolute atomic E-state index is 0.222. The first-order valence-corrected chi connectivity index (χ1v) is 8.99. The Bertz CT molecular complexity index is 701. The van der Waals surface area contributed by atoms with Crippen molar-refractivity contribution in [2.45, 2.75) is 36.6 Å². The SMILES string of the molecule is CSn1nc(C)cc1S(=O)(=O)c1ccc(C(C)C)cc1. The van der Waals surface area contributed by atoms with Crippen LogP contribution in [-0.4, -0.2) is 23.9 Å². The highest BCUT2D eigenvalue weighted by atomic mass is 32.2. The highest BCUT2D eigenvalue weighted by Crippen LogP contribution is 2.25. The van der Waals surface area contributed by atoms with Crippen molar-refractivity contribution in [2.75, 3.05) is 6.26 Å². The average Bonchev–Trinajstić information content (AvgIpc) is 2.81. The van der Waals surface area contributed by atoms with Crippen molar-refractivity contribution in [1.82, 2.24) is 9.19 Å². The minimum atomic E-state index is -3.52. The van der Waals surface area contributed by atoms with Gasteiger partial charge < -0.3 is 0 Å². The maximum atomic E-state index is 12.6. The first kappa shape index (κ1) is 15.1. The molecular weight excluding hydrogens is 292 g/mol. The van der Waals surface area contributed by atoms with Crippen LogP contribution in [0.1, 0.15) is 31.0 Å². The largest absolute Gasteiger partial charge is 0.224 e. The Morgan fingerprint density at radius 2 is 1.80 bits per heavy atom. The Balaban J connectivity index is 2.49. The third-order valence-corrected chi connectivity index (χ3v) is 5.55. The standard InChI is InChI=1S/C14H18N2O2S2/c1-10(2)12-5-7-13(8-6-12)20(17,18)14-9-11(3)15-16(14)19-4/h5-10H,1-4H3. The topological polar surface area (TPSA) is 52.0 Å². The van der Waals surface area contributed by atoms with E-state index >= 15 is 0 Å². The molecule has 108 valence electrons. The quantitative estimate of drug-likeness (QED) is 0.869. The van der Waals surface area contributed by atoms with Gasteiger partial charge >= 0.3 is 0 Å². The summed E-state index contributed by atoms with van der Waals surface area (Å²) in [6.45, 7) is 5.94. The number of aryl methyl sites for hydroxylation is 1. The van der Waals surface area contributed by atoms with Crippen molar-refractivity contribution < 1.29 is 8.42 Å². The third kappa shape index (κ3) is 2.76. The molecule has 0 N–H and O–H groups in total. The maximum Gasteiger partial charge on any atom is 0.224 e. The normalized spacial score (nSPS) is 12.1. The number of rotatable bonds is 4. The van der Waals surface area contributed by atoms with Gasteiger partial charge in [0.2, 0.25) is 9.84 Å². The summed E-state index contributed by atoms with van der Waals surface area (Å²) in [5, 5.41) is 4.39. The molecule has 0 atom stereocenters. The zero-order chi connectivity index (χ0) is 14.9. The van der Waals surface area contributed by atoms with Gasteiger partial charge in [0.05, 0.1) is 10.6 Å². The molecule has 1 heterocycles. The van der Waals surface area contributed by atoms with Crippen LogP contribution in [0.2, 0.25) is 0 Å². The van der Waals surface area contributed by atoms with Crippen molar-refractivity contribution in [3.05, 3.63) is 41.6 Å². The lowest BCUT2D eigenvalue weighted by Gasteiger charge is -2.08. The molecule has 2 rings (SSSR count). The molecule has 1 aromatic carbocycles. The van der Waals surface area contributed by atoms with Gasteiger partial charge in [0.1, 0.15) is 0 Å². The summed E-state index contributed by atoms with van der Waals surface area (Å²) in [5.41, 5.74) is 1.82. The molecule has 2 aromatic rings. The van der Waals surface area contributed by atoms with E-state index < -0.39 is 9.84 Å². The van der Waals surface area contributed by atoms with E-state index in [9.17, 15) is 8.42 Å². The zero-order valence-electron chi connectivity index (χ0n) is 12.0. The van der Waals surface area contributed by atoms with Crippen molar-refractivity contribution in [3.63, 3.8) is 0 Å². The predicted molar refractivity (Wildman–Crippen MR) is 81.9 cm³/mol. The molecule has 0 aliphatic rings. The van der Waals surface area contributed by atoms with Gasteiger partial charge in [-0.05, 0) is 48.6 Å². The number of nitrogens with zero attached hydrogens (tertiary/aromatic N) is 2. The van der Waals surface area contributed by atoms with E-state index in [1.807, 2.05) is 12.1 Å². The van der Waals surface area contributed by atoms with E-state index in [0.29, 0.717) is 16.5 Å². The number of benzene rings is 1. The molecule has 6 heteroatoms. The van der Waals surface area contributed by atoms with Crippen LogP contribution >= 0.6 is 11.9 Å². The molecule has 1 aromatic heterocycles. The molecule has 0 aliphatic carbocycles. The van der Waals surface area contributed by atoms with Gasteiger partial charge in [-0.25, -0.2) is 8.42 Å². The Labute approximate surface area is 124 Å².